The summed E-state index contributed by atoms with van der Waals surface area (Å²) in [6.45, 7) is 4.77. The summed E-state index contributed by atoms with van der Waals surface area (Å²) in [4.78, 5) is 21.5. The summed E-state index contributed by atoms with van der Waals surface area (Å²) in [6.07, 6.45) is 4.59. The molecule has 0 aliphatic carbocycles. The Balaban J connectivity index is 1.63. The molecule has 0 aromatic carbocycles. The lowest BCUT2D eigenvalue weighted by atomic mass is 10.1. The third-order valence-electron chi connectivity index (χ3n) is 5.00. The molecule has 0 bridgehead atoms. The smallest absolute Gasteiger partial charge is 0.257 e. The summed E-state index contributed by atoms with van der Waals surface area (Å²) in [5, 5.41) is 4.23. The van der Waals surface area contributed by atoms with Gasteiger partial charge in [-0.05, 0) is 32.9 Å². The molecule has 21 heavy (non-hydrogen) atoms. The van der Waals surface area contributed by atoms with Crippen molar-refractivity contribution in [3.05, 3.63) is 29.7 Å². The maximum atomic E-state index is 12.8. The van der Waals surface area contributed by atoms with Crippen LogP contribution in [0.1, 0.15) is 22.5 Å². The van der Waals surface area contributed by atoms with Crippen molar-refractivity contribution in [2.24, 2.45) is 5.92 Å². The zero-order chi connectivity index (χ0) is 14.6. The molecule has 0 unspecified atom stereocenters. The fourth-order valence-electron chi connectivity index (χ4n) is 3.71. The average Bonchev–Trinajstić information content (AvgIpc) is 3.16. The van der Waals surface area contributed by atoms with Crippen molar-refractivity contribution in [2.75, 3.05) is 26.7 Å². The van der Waals surface area contributed by atoms with Gasteiger partial charge in [0.15, 0.2) is 5.65 Å². The van der Waals surface area contributed by atoms with Crippen molar-refractivity contribution < 1.29 is 4.79 Å². The molecule has 2 fully saturated rings. The van der Waals surface area contributed by atoms with Crippen LogP contribution in [0.2, 0.25) is 0 Å². The Hall–Kier alpha value is -1.95. The molecule has 4 heterocycles. The first-order valence-corrected chi connectivity index (χ1v) is 7.44. The predicted octanol–water partition coefficient (Wildman–Crippen LogP) is 0.814. The number of fused-ring (bicyclic) bond motifs is 2. The van der Waals surface area contributed by atoms with Crippen LogP contribution in [0.25, 0.3) is 5.65 Å². The average molecular weight is 285 g/mol. The van der Waals surface area contributed by atoms with Crippen LogP contribution in [-0.4, -0.2) is 63.0 Å². The monoisotopic (exact) mass is 285 g/mol. The highest BCUT2D eigenvalue weighted by Crippen LogP contribution is 2.31. The first-order chi connectivity index (χ1) is 10.1. The second kappa shape index (κ2) is 4.53. The molecular weight excluding hydrogens is 266 g/mol. The number of hydrogen-bond donors (Lipinski definition) is 0. The van der Waals surface area contributed by atoms with Gasteiger partial charge in [-0.3, -0.25) is 4.79 Å². The highest BCUT2D eigenvalue weighted by Gasteiger charge is 2.41. The molecule has 0 radical (unpaired) electrons. The minimum Gasteiger partial charge on any atom is -0.337 e. The van der Waals surface area contributed by atoms with Gasteiger partial charge in [-0.25, -0.2) is 9.50 Å². The van der Waals surface area contributed by atoms with Crippen molar-refractivity contribution in [3.8, 4) is 0 Å². The van der Waals surface area contributed by atoms with Gasteiger partial charge in [-0.1, -0.05) is 0 Å². The number of hydrogen-bond acceptors (Lipinski definition) is 4. The third-order valence-corrected chi connectivity index (χ3v) is 5.00. The molecule has 2 saturated heterocycles. The third kappa shape index (κ3) is 1.86. The van der Waals surface area contributed by atoms with E-state index in [0.717, 1.165) is 31.0 Å². The van der Waals surface area contributed by atoms with E-state index in [4.69, 9.17) is 0 Å². The molecule has 2 aromatic rings. The molecule has 6 heteroatoms. The van der Waals surface area contributed by atoms with Gasteiger partial charge in [0.05, 0.1) is 17.5 Å². The largest absolute Gasteiger partial charge is 0.337 e. The van der Waals surface area contributed by atoms with Gasteiger partial charge in [0.2, 0.25) is 0 Å². The molecule has 110 valence electrons. The zero-order valence-electron chi connectivity index (χ0n) is 12.4. The Morgan fingerprint density at radius 1 is 1.38 bits per heavy atom. The lowest BCUT2D eigenvalue weighted by Crippen LogP contribution is -2.35. The van der Waals surface area contributed by atoms with Gasteiger partial charge in [0.1, 0.15) is 0 Å². The summed E-state index contributed by atoms with van der Waals surface area (Å²) in [7, 11) is 2.15. The van der Waals surface area contributed by atoms with Gasteiger partial charge in [-0.2, -0.15) is 5.10 Å². The van der Waals surface area contributed by atoms with E-state index in [2.05, 4.69) is 22.0 Å². The SMILES string of the molecule is Cc1c(C(=O)N2C[C@H]3CCN(C)[C@H]3C2)cnc2ccnn12. The zero-order valence-corrected chi connectivity index (χ0v) is 12.4. The summed E-state index contributed by atoms with van der Waals surface area (Å²) in [5.41, 5.74) is 2.30. The number of amides is 1. The number of aryl methyl sites for hydroxylation is 1. The van der Waals surface area contributed by atoms with E-state index in [9.17, 15) is 4.79 Å². The van der Waals surface area contributed by atoms with Gasteiger partial charge in [-0.15, -0.1) is 0 Å². The Morgan fingerprint density at radius 2 is 2.24 bits per heavy atom. The van der Waals surface area contributed by atoms with E-state index in [1.165, 1.54) is 6.42 Å². The number of aromatic nitrogens is 3. The van der Waals surface area contributed by atoms with Crippen molar-refractivity contribution in [2.45, 2.75) is 19.4 Å². The van der Waals surface area contributed by atoms with Crippen molar-refractivity contribution in [3.63, 3.8) is 0 Å². The maximum absolute atomic E-state index is 12.8. The summed E-state index contributed by atoms with van der Waals surface area (Å²) in [6, 6.07) is 2.37. The predicted molar refractivity (Wildman–Crippen MR) is 78.2 cm³/mol. The van der Waals surface area contributed by atoms with E-state index in [-0.39, 0.29) is 5.91 Å². The van der Waals surface area contributed by atoms with Crippen LogP contribution in [0, 0.1) is 12.8 Å². The Bertz CT molecular complexity index is 709. The van der Waals surface area contributed by atoms with Gasteiger partial charge >= 0.3 is 0 Å². The lowest BCUT2D eigenvalue weighted by molar-refractivity contribution is 0.0772. The second-order valence-corrected chi connectivity index (χ2v) is 6.17. The van der Waals surface area contributed by atoms with Crippen molar-refractivity contribution >= 4 is 11.6 Å². The molecule has 2 aliphatic heterocycles. The van der Waals surface area contributed by atoms with Crippen LogP contribution in [0.15, 0.2) is 18.5 Å². The number of likely N-dealkylation sites (N-methyl/N-ethyl adjacent to an activating group) is 1. The highest BCUT2D eigenvalue weighted by molar-refractivity contribution is 5.95. The lowest BCUT2D eigenvalue weighted by Gasteiger charge is -2.21. The minimum absolute atomic E-state index is 0.0835. The fourth-order valence-corrected chi connectivity index (χ4v) is 3.71. The molecule has 2 atom stereocenters. The number of carbonyl (C=O) groups is 1. The molecule has 0 N–H and O–H groups in total. The van der Waals surface area contributed by atoms with Crippen molar-refractivity contribution in [1.29, 1.82) is 0 Å². The Morgan fingerprint density at radius 3 is 3.05 bits per heavy atom. The van der Waals surface area contributed by atoms with E-state index < -0.39 is 0 Å². The molecular formula is C15H19N5O. The molecule has 2 aromatic heterocycles. The molecule has 0 spiro atoms. The number of carbonyl (C=O) groups excluding carboxylic acids is 1. The number of likely N-dealkylation sites (tertiary alicyclic amines) is 2. The number of rotatable bonds is 1. The van der Waals surface area contributed by atoms with Gasteiger partial charge < -0.3 is 9.80 Å². The topological polar surface area (TPSA) is 53.7 Å². The Kier molecular flexibility index (Phi) is 2.75. The summed E-state index contributed by atoms with van der Waals surface area (Å²) < 4.78 is 1.73. The fraction of sp³-hybridized carbons (Fsp3) is 0.533. The second-order valence-electron chi connectivity index (χ2n) is 6.17. The van der Waals surface area contributed by atoms with Crippen LogP contribution < -0.4 is 0 Å². The number of nitrogens with zero attached hydrogens (tertiary/aromatic N) is 5. The molecule has 4 rings (SSSR count). The molecule has 2 aliphatic rings. The van der Waals surface area contributed by atoms with Crippen LogP contribution in [-0.2, 0) is 0 Å². The van der Waals surface area contributed by atoms with E-state index in [1.807, 2.05) is 17.9 Å². The van der Waals surface area contributed by atoms with Crippen LogP contribution in [0.5, 0.6) is 0 Å². The summed E-state index contributed by atoms with van der Waals surface area (Å²) in [5.74, 6) is 0.709. The maximum Gasteiger partial charge on any atom is 0.257 e. The van der Waals surface area contributed by atoms with E-state index in [1.54, 1.807) is 16.9 Å². The van der Waals surface area contributed by atoms with E-state index in [0.29, 0.717) is 17.5 Å². The normalized spacial score (nSPS) is 25.7. The van der Waals surface area contributed by atoms with Crippen LogP contribution >= 0.6 is 0 Å². The highest BCUT2D eigenvalue weighted by atomic mass is 16.2. The minimum atomic E-state index is 0.0835. The van der Waals surface area contributed by atoms with E-state index >= 15 is 0 Å². The van der Waals surface area contributed by atoms with Crippen molar-refractivity contribution in [1.82, 2.24) is 24.4 Å². The summed E-state index contributed by atoms with van der Waals surface area (Å²) >= 11 is 0. The van der Waals surface area contributed by atoms with Crippen LogP contribution in [0.3, 0.4) is 0 Å². The van der Waals surface area contributed by atoms with Crippen LogP contribution in [0.4, 0.5) is 0 Å². The van der Waals surface area contributed by atoms with Gasteiger partial charge in [0, 0.05) is 31.4 Å². The first kappa shape index (κ1) is 12.8. The Labute approximate surface area is 123 Å². The molecule has 6 nitrogen and oxygen atoms in total. The standard InChI is InChI=1S/C15H19N5O/c1-10-12(7-16-14-3-5-17-20(10)14)15(21)19-8-11-4-6-18(2)13(11)9-19/h3,5,7,11,13H,4,6,8-9H2,1-2H3/t11-,13+/m1/s1. The molecule has 0 saturated carbocycles. The first-order valence-electron chi connectivity index (χ1n) is 7.44. The van der Waals surface area contributed by atoms with Gasteiger partial charge in [0.25, 0.3) is 5.91 Å². The molecule has 1 amide bonds. The quantitative estimate of drug-likeness (QED) is 0.778.